The van der Waals surface area contributed by atoms with Crippen LogP contribution in [-0.2, 0) is 18.3 Å². The summed E-state index contributed by atoms with van der Waals surface area (Å²) in [6, 6.07) is 6.14. The third-order valence-electron chi connectivity index (χ3n) is 2.73. The van der Waals surface area contributed by atoms with Gasteiger partial charge in [0, 0.05) is 30.6 Å². The average molecular weight is 201 g/mol. The van der Waals surface area contributed by atoms with E-state index in [1.54, 1.807) is 6.92 Å². The van der Waals surface area contributed by atoms with E-state index < -0.39 is 0 Å². The molecule has 1 heterocycles. The van der Waals surface area contributed by atoms with Crippen LogP contribution in [0, 0.1) is 6.92 Å². The number of hydrogen-bond acceptors (Lipinski definition) is 1. The molecule has 1 aromatic heterocycles. The lowest BCUT2D eigenvalue weighted by atomic mass is 10.0. The predicted octanol–water partition coefficient (Wildman–Crippen LogP) is 2.62. The van der Waals surface area contributed by atoms with Gasteiger partial charge in [0.15, 0.2) is 0 Å². The minimum atomic E-state index is 0.214. The molecule has 1 aromatic carbocycles. The number of Topliss-reactive ketones (excluding diaryl/α,β-unsaturated/α-hetero) is 1. The van der Waals surface area contributed by atoms with Gasteiger partial charge in [-0.3, -0.25) is 4.79 Å². The third-order valence-corrected chi connectivity index (χ3v) is 2.73. The van der Waals surface area contributed by atoms with E-state index in [0.29, 0.717) is 6.42 Å². The molecule has 2 nitrogen and oxygen atoms in total. The van der Waals surface area contributed by atoms with Gasteiger partial charge in [-0.25, -0.2) is 0 Å². The minimum absolute atomic E-state index is 0.214. The van der Waals surface area contributed by atoms with Crippen LogP contribution in [0.25, 0.3) is 10.9 Å². The molecule has 78 valence electrons. The highest BCUT2D eigenvalue weighted by Gasteiger charge is 2.08. The fourth-order valence-electron chi connectivity index (χ4n) is 2.18. The zero-order valence-electron chi connectivity index (χ0n) is 9.37. The molecule has 0 unspecified atom stereocenters. The average Bonchev–Trinajstić information content (AvgIpc) is 2.43. The third kappa shape index (κ3) is 1.67. The second kappa shape index (κ2) is 3.54. The van der Waals surface area contributed by atoms with Gasteiger partial charge in [-0.1, -0.05) is 12.1 Å². The first-order chi connectivity index (χ1) is 7.09. The molecule has 0 bridgehead atoms. The molecule has 0 amide bonds. The summed E-state index contributed by atoms with van der Waals surface area (Å²) >= 11 is 0. The van der Waals surface area contributed by atoms with E-state index in [4.69, 9.17) is 0 Å². The Morgan fingerprint density at radius 2 is 2.13 bits per heavy atom. The standard InChI is InChI=1S/C13H15NO/c1-9-8-14(3)12-6-4-5-11(13(9)12)7-10(2)15/h4-6,8H,7H2,1-3H3. The molecular formula is C13H15NO. The molecule has 2 rings (SSSR count). The summed E-state index contributed by atoms with van der Waals surface area (Å²) in [5.74, 6) is 0.214. The Bertz CT molecular complexity index is 523. The zero-order valence-corrected chi connectivity index (χ0v) is 9.37. The number of benzene rings is 1. The quantitative estimate of drug-likeness (QED) is 0.732. The first-order valence-corrected chi connectivity index (χ1v) is 5.12. The van der Waals surface area contributed by atoms with Crippen LogP contribution in [0.1, 0.15) is 18.1 Å². The van der Waals surface area contributed by atoms with E-state index >= 15 is 0 Å². The fourth-order valence-corrected chi connectivity index (χ4v) is 2.18. The van der Waals surface area contributed by atoms with Crippen molar-refractivity contribution in [3.05, 3.63) is 35.5 Å². The number of aryl methyl sites for hydroxylation is 2. The molecule has 0 spiro atoms. The van der Waals surface area contributed by atoms with E-state index in [1.165, 1.54) is 16.5 Å². The van der Waals surface area contributed by atoms with Crippen LogP contribution in [0.2, 0.25) is 0 Å². The summed E-state index contributed by atoms with van der Waals surface area (Å²) in [5, 5.41) is 1.23. The maximum Gasteiger partial charge on any atom is 0.134 e. The summed E-state index contributed by atoms with van der Waals surface area (Å²) in [4.78, 5) is 11.2. The highest BCUT2D eigenvalue weighted by Crippen LogP contribution is 2.24. The lowest BCUT2D eigenvalue weighted by Crippen LogP contribution is -1.97. The lowest BCUT2D eigenvalue weighted by molar-refractivity contribution is -0.116. The SMILES string of the molecule is CC(=O)Cc1cccc2c1c(C)cn2C. The van der Waals surface area contributed by atoms with E-state index in [9.17, 15) is 4.79 Å². The number of ketones is 1. The zero-order chi connectivity index (χ0) is 11.0. The Morgan fingerprint density at radius 1 is 1.40 bits per heavy atom. The van der Waals surface area contributed by atoms with Gasteiger partial charge in [0.05, 0.1) is 0 Å². The van der Waals surface area contributed by atoms with Gasteiger partial charge in [0.2, 0.25) is 0 Å². The van der Waals surface area contributed by atoms with Crippen molar-refractivity contribution >= 4 is 16.7 Å². The largest absolute Gasteiger partial charge is 0.350 e. The van der Waals surface area contributed by atoms with E-state index in [0.717, 1.165) is 5.56 Å². The van der Waals surface area contributed by atoms with Gasteiger partial charge in [-0.15, -0.1) is 0 Å². The molecular weight excluding hydrogens is 186 g/mol. The normalized spacial score (nSPS) is 10.9. The molecule has 0 aliphatic rings. The first-order valence-electron chi connectivity index (χ1n) is 5.12. The van der Waals surface area contributed by atoms with Crippen molar-refractivity contribution in [2.75, 3.05) is 0 Å². The molecule has 0 fully saturated rings. The molecule has 15 heavy (non-hydrogen) atoms. The predicted molar refractivity (Wildman–Crippen MR) is 62.0 cm³/mol. The fraction of sp³-hybridized carbons (Fsp3) is 0.308. The van der Waals surface area contributed by atoms with Gasteiger partial charge in [0.1, 0.15) is 5.78 Å². The summed E-state index contributed by atoms with van der Waals surface area (Å²) < 4.78 is 2.11. The Labute approximate surface area is 89.5 Å². The van der Waals surface area contributed by atoms with E-state index in [2.05, 4.69) is 23.8 Å². The molecule has 0 atom stereocenters. The van der Waals surface area contributed by atoms with Crippen LogP contribution in [0.5, 0.6) is 0 Å². The number of carbonyl (C=O) groups excluding carboxylic acids is 1. The Kier molecular flexibility index (Phi) is 2.35. The Hall–Kier alpha value is -1.57. The monoisotopic (exact) mass is 201 g/mol. The molecule has 0 N–H and O–H groups in total. The van der Waals surface area contributed by atoms with Gasteiger partial charge >= 0.3 is 0 Å². The Balaban J connectivity index is 2.69. The number of rotatable bonds is 2. The number of carbonyl (C=O) groups is 1. The van der Waals surface area contributed by atoms with Gasteiger partial charge < -0.3 is 4.57 Å². The Morgan fingerprint density at radius 3 is 2.80 bits per heavy atom. The van der Waals surface area contributed by atoms with Crippen LogP contribution in [-0.4, -0.2) is 10.4 Å². The number of hydrogen-bond donors (Lipinski definition) is 0. The van der Waals surface area contributed by atoms with Gasteiger partial charge in [0.25, 0.3) is 0 Å². The van der Waals surface area contributed by atoms with Crippen LogP contribution >= 0.6 is 0 Å². The number of nitrogens with zero attached hydrogens (tertiary/aromatic N) is 1. The van der Waals surface area contributed by atoms with Crippen molar-refractivity contribution in [3.63, 3.8) is 0 Å². The molecule has 0 saturated heterocycles. The van der Waals surface area contributed by atoms with E-state index in [1.807, 2.05) is 19.2 Å². The smallest absolute Gasteiger partial charge is 0.134 e. The second-order valence-electron chi connectivity index (χ2n) is 4.11. The summed E-state index contributed by atoms with van der Waals surface area (Å²) in [6.45, 7) is 3.73. The topological polar surface area (TPSA) is 22.0 Å². The molecule has 0 aliphatic carbocycles. The first kappa shape index (κ1) is 9.97. The van der Waals surface area contributed by atoms with Crippen molar-refractivity contribution in [2.24, 2.45) is 7.05 Å². The van der Waals surface area contributed by atoms with Crippen LogP contribution in [0.3, 0.4) is 0 Å². The number of aromatic nitrogens is 1. The lowest BCUT2D eigenvalue weighted by Gasteiger charge is -2.02. The molecule has 2 heteroatoms. The van der Waals surface area contributed by atoms with Gasteiger partial charge in [-0.2, -0.15) is 0 Å². The van der Waals surface area contributed by atoms with Crippen molar-refractivity contribution < 1.29 is 4.79 Å². The highest BCUT2D eigenvalue weighted by molar-refractivity contribution is 5.91. The molecule has 0 radical (unpaired) electrons. The minimum Gasteiger partial charge on any atom is -0.350 e. The number of fused-ring (bicyclic) bond motifs is 1. The van der Waals surface area contributed by atoms with Crippen molar-refractivity contribution in [2.45, 2.75) is 20.3 Å². The van der Waals surface area contributed by atoms with Crippen molar-refractivity contribution in [1.29, 1.82) is 0 Å². The molecule has 0 saturated carbocycles. The second-order valence-corrected chi connectivity index (χ2v) is 4.11. The molecule has 0 aliphatic heterocycles. The maximum absolute atomic E-state index is 11.2. The summed E-state index contributed by atoms with van der Waals surface area (Å²) in [6.07, 6.45) is 2.64. The van der Waals surface area contributed by atoms with Crippen LogP contribution < -0.4 is 0 Å². The van der Waals surface area contributed by atoms with Crippen LogP contribution in [0.4, 0.5) is 0 Å². The van der Waals surface area contributed by atoms with Crippen molar-refractivity contribution in [1.82, 2.24) is 4.57 Å². The highest BCUT2D eigenvalue weighted by atomic mass is 16.1. The van der Waals surface area contributed by atoms with Gasteiger partial charge in [-0.05, 0) is 31.0 Å². The molecule has 2 aromatic rings. The van der Waals surface area contributed by atoms with E-state index in [-0.39, 0.29) is 5.78 Å². The summed E-state index contributed by atoms with van der Waals surface area (Å²) in [5.41, 5.74) is 3.58. The van der Waals surface area contributed by atoms with Crippen molar-refractivity contribution in [3.8, 4) is 0 Å². The van der Waals surface area contributed by atoms with Crippen LogP contribution in [0.15, 0.2) is 24.4 Å². The maximum atomic E-state index is 11.2. The summed E-state index contributed by atoms with van der Waals surface area (Å²) in [7, 11) is 2.03.